The van der Waals surface area contributed by atoms with Crippen molar-refractivity contribution in [2.24, 2.45) is 5.41 Å². The van der Waals surface area contributed by atoms with Crippen molar-refractivity contribution in [3.63, 3.8) is 0 Å². The molecule has 1 aliphatic heterocycles. The van der Waals surface area contributed by atoms with Gasteiger partial charge in [0.15, 0.2) is 0 Å². The fourth-order valence-corrected chi connectivity index (χ4v) is 3.63. The van der Waals surface area contributed by atoms with Gasteiger partial charge in [0.25, 0.3) is 0 Å². The molecule has 2 rings (SSSR count). The van der Waals surface area contributed by atoms with Crippen molar-refractivity contribution in [2.75, 3.05) is 13.1 Å². The van der Waals surface area contributed by atoms with Gasteiger partial charge in [-0.3, -0.25) is 9.69 Å². The summed E-state index contributed by atoms with van der Waals surface area (Å²) in [6.45, 7) is 3.88. The predicted molar refractivity (Wildman–Crippen MR) is 68.0 cm³/mol. The highest BCUT2D eigenvalue weighted by molar-refractivity contribution is 5.75. The number of aliphatic carboxylic acids is 1. The summed E-state index contributed by atoms with van der Waals surface area (Å²) < 4.78 is 0. The van der Waals surface area contributed by atoms with Gasteiger partial charge in [-0.2, -0.15) is 0 Å². The molecule has 0 amide bonds. The van der Waals surface area contributed by atoms with Crippen LogP contribution in [0, 0.1) is 5.41 Å². The molecule has 1 heterocycles. The summed E-state index contributed by atoms with van der Waals surface area (Å²) in [5.41, 5.74) is -0.438. The summed E-state index contributed by atoms with van der Waals surface area (Å²) in [4.78, 5) is 14.0. The van der Waals surface area contributed by atoms with Crippen LogP contribution in [0.4, 0.5) is 0 Å². The third-order valence-corrected chi connectivity index (χ3v) is 4.66. The average molecular weight is 239 g/mol. The normalized spacial score (nSPS) is 31.8. The molecule has 0 aromatic carbocycles. The van der Waals surface area contributed by atoms with E-state index >= 15 is 0 Å². The van der Waals surface area contributed by atoms with E-state index in [1.165, 1.54) is 32.1 Å². The Bertz CT molecular complexity index is 273. The van der Waals surface area contributed by atoms with Crippen LogP contribution >= 0.6 is 0 Å². The highest BCUT2D eigenvalue weighted by Crippen LogP contribution is 2.38. The third-order valence-electron chi connectivity index (χ3n) is 4.66. The van der Waals surface area contributed by atoms with Crippen LogP contribution in [0.3, 0.4) is 0 Å². The van der Waals surface area contributed by atoms with Gasteiger partial charge < -0.3 is 5.11 Å². The van der Waals surface area contributed by atoms with Crippen molar-refractivity contribution in [3.8, 4) is 0 Å². The van der Waals surface area contributed by atoms with Gasteiger partial charge in [0.05, 0.1) is 5.41 Å². The number of hydrogen-bond donors (Lipinski definition) is 1. The minimum Gasteiger partial charge on any atom is -0.481 e. The van der Waals surface area contributed by atoms with Crippen molar-refractivity contribution in [3.05, 3.63) is 0 Å². The minimum absolute atomic E-state index is 0.438. The maximum absolute atomic E-state index is 11.5. The van der Waals surface area contributed by atoms with Gasteiger partial charge in [0.2, 0.25) is 0 Å². The molecule has 3 heteroatoms. The molecule has 0 bridgehead atoms. The highest BCUT2D eigenvalue weighted by Gasteiger charge is 2.45. The Kier molecular flexibility index (Phi) is 4.08. The Labute approximate surface area is 104 Å². The van der Waals surface area contributed by atoms with Crippen molar-refractivity contribution in [1.29, 1.82) is 0 Å². The Morgan fingerprint density at radius 1 is 1.35 bits per heavy atom. The monoisotopic (exact) mass is 239 g/mol. The van der Waals surface area contributed by atoms with Crippen LogP contribution in [0.25, 0.3) is 0 Å². The second-order valence-electron chi connectivity index (χ2n) is 5.85. The summed E-state index contributed by atoms with van der Waals surface area (Å²) in [6.07, 6.45) is 9.25. The quantitative estimate of drug-likeness (QED) is 0.820. The molecule has 1 aliphatic carbocycles. The highest BCUT2D eigenvalue weighted by atomic mass is 16.4. The van der Waals surface area contributed by atoms with Crippen LogP contribution < -0.4 is 0 Å². The van der Waals surface area contributed by atoms with Crippen LogP contribution in [-0.4, -0.2) is 35.1 Å². The molecule has 1 unspecified atom stereocenters. The van der Waals surface area contributed by atoms with E-state index in [1.807, 2.05) is 0 Å². The van der Waals surface area contributed by atoms with E-state index in [2.05, 4.69) is 11.8 Å². The molecule has 0 aromatic rings. The molecule has 1 saturated carbocycles. The van der Waals surface area contributed by atoms with E-state index in [0.29, 0.717) is 6.04 Å². The lowest BCUT2D eigenvalue weighted by atomic mass is 9.82. The van der Waals surface area contributed by atoms with Crippen molar-refractivity contribution in [1.82, 2.24) is 4.90 Å². The number of nitrogens with zero attached hydrogens (tertiary/aromatic N) is 1. The molecular weight excluding hydrogens is 214 g/mol. The number of carbonyl (C=O) groups is 1. The number of likely N-dealkylation sites (tertiary alicyclic amines) is 1. The Morgan fingerprint density at radius 2 is 2.06 bits per heavy atom. The lowest BCUT2D eigenvalue weighted by Gasteiger charge is -2.32. The molecule has 1 saturated heterocycles. The Balaban J connectivity index is 1.98. The van der Waals surface area contributed by atoms with Crippen LogP contribution in [0.1, 0.15) is 58.3 Å². The van der Waals surface area contributed by atoms with Crippen molar-refractivity contribution >= 4 is 5.97 Å². The summed E-state index contributed by atoms with van der Waals surface area (Å²) >= 11 is 0. The molecule has 3 nitrogen and oxygen atoms in total. The van der Waals surface area contributed by atoms with Gasteiger partial charge in [-0.15, -0.1) is 0 Å². The lowest BCUT2D eigenvalue weighted by molar-refractivity contribution is -0.148. The van der Waals surface area contributed by atoms with E-state index in [1.54, 1.807) is 0 Å². The fourth-order valence-electron chi connectivity index (χ4n) is 3.63. The summed E-state index contributed by atoms with van der Waals surface area (Å²) in [6, 6.07) is 0.668. The van der Waals surface area contributed by atoms with Gasteiger partial charge in [-0.1, -0.05) is 32.6 Å². The minimum atomic E-state index is -0.572. The molecule has 0 aromatic heterocycles. The molecule has 17 heavy (non-hydrogen) atoms. The second-order valence-corrected chi connectivity index (χ2v) is 5.85. The first kappa shape index (κ1) is 12.9. The van der Waals surface area contributed by atoms with Gasteiger partial charge in [-0.05, 0) is 32.2 Å². The molecule has 2 fully saturated rings. The van der Waals surface area contributed by atoms with Crippen LogP contribution in [0.15, 0.2) is 0 Å². The Hall–Kier alpha value is -0.570. The molecule has 1 atom stereocenters. The van der Waals surface area contributed by atoms with Crippen molar-refractivity contribution in [2.45, 2.75) is 64.3 Å². The predicted octanol–water partition coefficient (Wildman–Crippen LogP) is 2.90. The SMILES string of the molecule is CCCC1(C(=O)O)CCN(C2CCCCC2)C1. The molecule has 1 N–H and O–H groups in total. The second kappa shape index (κ2) is 5.38. The summed E-state index contributed by atoms with van der Waals surface area (Å²) in [5.74, 6) is -0.572. The van der Waals surface area contributed by atoms with E-state index in [4.69, 9.17) is 0 Å². The van der Waals surface area contributed by atoms with E-state index < -0.39 is 11.4 Å². The fraction of sp³-hybridized carbons (Fsp3) is 0.929. The zero-order chi connectivity index (χ0) is 12.3. The smallest absolute Gasteiger partial charge is 0.310 e. The van der Waals surface area contributed by atoms with Gasteiger partial charge in [-0.25, -0.2) is 0 Å². The molecule has 0 spiro atoms. The van der Waals surface area contributed by atoms with Crippen LogP contribution in [0.5, 0.6) is 0 Å². The number of carboxylic acids is 1. The van der Waals surface area contributed by atoms with E-state index in [9.17, 15) is 9.90 Å². The molecule has 98 valence electrons. The molecule has 0 radical (unpaired) electrons. The molecule has 2 aliphatic rings. The van der Waals surface area contributed by atoms with E-state index in [0.717, 1.165) is 32.4 Å². The largest absolute Gasteiger partial charge is 0.481 e. The zero-order valence-electron chi connectivity index (χ0n) is 11.0. The first-order valence-corrected chi connectivity index (χ1v) is 7.15. The average Bonchev–Trinajstić information content (AvgIpc) is 2.76. The summed E-state index contributed by atoms with van der Waals surface area (Å²) in [7, 11) is 0. The Morgan fingerprint density at radius 3 is 2.65 bits per heavy atom. The first-order valence-electron chi connectivity index (χ1n) is 7.15. The van der Waals surface area contributed by atoms with Gasteiger partial charge >= 0.3 is 5.97 Å². The maximum atomic E-state index is 11.5. The number of hydrogen-bond acceptors (Lipinski definition) is 2. The third kappa shape index (κ3) is 2.65. The molecular formula is C14H25NO2. The lowest BCUT2D eigenvalue weighted by Crippen LogP contribution is -2.39. The summed E-state index contributed by atoms with van der Waals surface area (Å²) in [5, 5.41) is 9.48. The number of carboxylic acid groups (broad SMARTS) is 1. The number of rotatable bonds is 4. The van der Waals surface area contributed by atoms with Crippen LogP contribution in [0.2, 0.25) is 0 Å². The van der Waals surface area contributed by atoms with Crippen molar-refractivity contribution < 1.29 is 9.90 Å². The van der Waals surface area contributed by atoms with Gasteiger partial charge in [0.1, 0.15) is 0 Å². The standard InChI is InChI=1S/C14H25NO2/c1-2-8-14(13(16)17)9-10-15(11-14)12-6-4-3-5-7-12/h12H,2-11H2,1H3,(H,16,17). The zero-order valence-corrected chi connectivity index (χ0v) is 11.0. The topological polar surface area (TPSA) is 40.5 Å². The van der Waals surface area contributed by atoms with Gasteiger partial charge in [0, 0.05) is 12.6 Å². The van der Waals surface area contributed by atoms with E-state index in [-0.39, 0.29) is 0 Å². The first-order chi connectivity index (χ1) is 8.18. The maximum Gasteiger partial charge on any atom is 0.310 e. The van der Waals surface area contributed by atoms with Crippen LogP contribution in [-0.2, 0) is 4.79 Å².